The van der Waals surface area contributed by atoms with Crippen LogP contribution < -0.4 is 0 Å². The zero-order valence-corrected chi connectivity index (χ0v) is 12.4. The van der Waals surface area contributed by atoms with Gasteiger partial charge in [0.15, 0.2) is 0 Å². The summed E-state index contributed by atoms with van der Waals surface area (Å²) >= 11 is 0. The second kappa shape index (κ2) is 4.82. The average Bonchev–Trinajstić information content (AvgIpc) is 2.80. The van der Waals surface area contributed by atoms with Crippen LogP contribution in [-0.4, -0.2) is 36.0 Å². The van der Waals surface area contributed by atoms with Crippen molar-refractivity contribution in [2.45, 2.75) is 31.6 Å². The SMILES string of the molecule is Cc1noc2ncc(S(=O)(=O)N3CCC[C@@H](C)C3)cc12. The minimum Gasteiger partial charge on any atom is -0.336 e. The van der Waals surface area contributed by atoms with E-state index in [9.17, 15) is 8.42 Å². The zero-order chi connectivity index (χ0) is 14.3. The van der Waals surface area contributed by atoms with Crippen LogP contribution in [-0.2, 0) is 10.0 Å². The van der Waals surface area contributed by atoms with E-state index in [4.69, 9.17) is 4.52 Å². The molecule has 0 saturated carbocycles. The Labute approximate surface area is 117 Å². The standard InChI is InChI=1S/C13H17N3O3S/c1-9-4-3-5-16(8-9)20(17,18)11-6-12-10(2)15-19-13(12)14-7-11/h6-7,9H,3-5,8H2,1-2H3/t9-/m1/s1. The number of hydrogen-bond donors (Lipinski definition) is 0. The summed E-state index contributed by atoms with van der Waals surface area (Å²) in [6.07, 6.45) is 3.33. The Morgan fingerprint density at radius 2 is 2.25 bits per heavy atom. The van der Waals surface area contributed by atoms with Crippen LogP contribution in [0.5, 0.6) is 0 Å². The fraction of sp³-hybridized carbons (Fsp3) is 0.538. The first-order valence-electron chi connectivity index (χ1n) is 6.70. The third kappa shape index (κ3) is 2.20. The number of aryl methyl sites for hydroxylation is 1. The molecule has 0 spiro atoms. The normalized spacial score (nSPS) is 21.4. The summed E-state index contributed by atoms with van der Waals surface area (Å²) in [6, 6.07) is 1.60. The lowest BCUT2D eigenvalue weighted by Crippen LogP contribution is -2.39. The molecule has 3 heterocycles. The lowest BCUT2D eigenvalue weighted by molar-refractivity contribution is 0.281. The second-order valence-corrected chi connectivity index (χ2v) is 7.34. The number of piperidine rings is 1. The Hall–Kier alpha value is -1.47. The molecular weight excluding hydrogens is 278 g/mol. The number of nitrogens with zero attached hydrogens (tertiary/aromatic N) is 3. The highest BCUT2D eigenvalue weighted by molar-refractivity contribution is 7.89. The molecule has 0 aromatic carbocycles. The second-order valence-electron chi connectivity index (χ2n) is 5.40. The van der Waals surface area contributed by atoms with E-state index in [2.05, 4.69) is 17.1 Å². The highest BCUT2D eigenvalue weighted by Gasteiger charge is 2.29. The van der Waals surface area contributed by atoms with Crippen LogP contribution in [0, 0.1) is 12.8 Å². The summed E-state index contributed by atoms with van der Waals surface area (Å²) < 4.78 is 31.8. The highest BCUT2D eigenvalue weighted by atomic mass is 32.2. The first kappa shape index (κ1) is 13.5. The summed E-state index contributed by atoms with van der Waals surface area (Å²) in [5.74, 6) is 0.396. The lowest BCUT2D eigenvalue weighted by Gasteiger charge is -2.29. The van der Waals surface area contributed by atoms with Crippen LogP contribution in [0.25, 0.3) is 11.1 Å². The Kier molecular flexibility index (Phi) is 3.25. The quantitative estimate of drug-likeness (QED) is 0.846. The maximum Gasteiger partial charge on any atom is 0.257 e. The van der Waals surface area contributed by atoms with Crippen LogP contribution in [0.1, 0.15) is 25.5 Å². The number of fused-ring (bicyclic) bond motifs is 1. The minimum atomic E-state index is -3.48. The van der Waals surface area contributed by atoms with Crippen molar-refractivity contribution in [1.82, 2.24) is 14.4 Å². The lowest BCUT2D eigenvalue weighted by atomic mass is 10.0. The van der Waals surface area contributed by atoms with Crippen LogP contribution in [0.2, 0.25) is 0 Å². The largest absolute Gasteiger partial charge is 0.336 e. The topological polar surface area (TPSA) is 76.3 Å². The molecule has 0 bridgehead atoms. The predicted molar refractivity (Wildman–Crippen MR) is 73.7 cm³/mol. The molecule has 108 valence electrons. The summed E-state index contributed by atoms with van der Waals surface area (Å²) in [7, 11) is -3.48. The van der Waals surface area contributed by atoms with Crippen LogP contribution in [0.4, 0.5) is 0 Å². The van der Waals surface area contributed by atoms with Gasteiger partial charge in [-0.3, -0.25) is 0 Å². The summed E-state index contributed by atoms with van der Waals surface area (Å²) in [6.45, 7) is 5.00. The third-order valence-electron chi connectivity index (χ3n) is 3.74. The molecule has 1 atom stereocenters. The summed E-state index contributed by atoms with van der Waals surface area (Å²) in [5, 5.41) is 4.45. The molecule has 6 nitrogen and oxygen atoms in total. The molecule has 2 aromatic heterocycles. The molecule has 0 N–H and O–H groups in total. The molecule has 1 fully saturated rings. The van der Waals surface area contributed by atoms with Crippen LogP contribution >= 0.6 is 0 Å². The van der Waals surface area contributed by atoms with Gasteiger partial charge in [0.2, 0.25) is 10.0 Å². The van der Waals surface area contributed by atoms with E-state index < -0.39 is 10.0 Å². The monoisotopic (exact) mass is 295 g/mol. The molecule has 0 amide bonds. The van der Waals surface area contributed by atoms with Crippen LogP contribution in [0.15, 0.2) is 21.7 Å². The third-order valence-corrected chi connectivity index (χ3v) is 5.57. The van der Waals surface area contributed by atoms with E-state index in [1.807, 2.05) is 0 Å². The number of pyridine rings is 1. The smallest absolute Gasteiger partial charge is 0.257 e. The van der Waals surface area contributed by atoms with E-state index >= 15 is 0 Å². The Bertz CT molecular complexity index is 738. The van der Waals surface area contributed by atoms with Crippen molar-refractivity contribution < 1.29 is 12.9 Å². The predicted octanol–water partition coefficient (Wildman–Crippen LogP) is 1.95. The average molecular weight is 295 g/mol. The van der Waals surface area contributed by atoms with Crippen molar-refractivity contribution in [1.29, 1.82) is 0 Å². The van der Waals surface area contributed by atoms with Gasteiger partial charge in [-0.25, -0.2) is 13.4 Å². The van der Waals surface area contributed by atoms with Crippen molar-refractivity contribution in [2.24, 2.45) is 5.92 Å². The molecular formula is C13H17N3O3S. The van der Waals surface area contributed by atoms with Gasteiger partial charge >= 0.3 is 0 Å². The molecule has 1 aliphatic heterocycles. The minimum absolute atomic E-state index is 0.213. The molecule has 1 saturated heterocycles. The van der Waals surface area contributed by atoms with Crippen molar-refractivity contribution in [3.8, 4) is 0 Å². The van der Waals surface area contributed by atoms with E-state index in [0.29, 0.717) is 35.8 Å². The van der Waals surface area contributed by atoms with Gasteiger partial charge < -0.3 is 4.52 Å². The first-order chi connectivity index (χ1) is 9.48. The Balaban J connectivity index is 2.02. The van der Waals surface area contributed by atoms with Crippen molar-refractivity contribution in [3.63, 3.8) is 0 Å². The zero-order valence-electron chi connectivity index (χ0n) is 11.5. The van der Waals surface area contributed by atoms with Crippen molar-refractivity contribution in [3.05, 3.63) is 18.0 Å². The van der Waals surface area contributed by atoms with Gasteiger partial charge in [-0.1, -0.05) is 12.1 Å². The molecule has 3 rings (SSSR count). The molecule has 0 unspecified atom stereocenters. The van der Waals surface area contributed by atoms with Gasteiger partial charge in [-0.2, -0.15) is 4.31 Å². The van der Waals surface area contributed by atoms with E-state index in [1.165, 1.54) is 6.20 Å². The van der Waals surface area contributed by atoms with Gasteiger partial charge in [-0.15, -0.1) is 0 Å². The summed E-state index contributed by atoms with van der Waals surface area (Å²) in [5.41, 5.74) is 1.02. The number of sulfonamides is 1. The Morgan fingerprint density at radius 3 is 3.00 bits per heavy atom. The molecule has 0 radical (unpaired) electrons. The van der Waals surface area contributed by atoms with Gasteiger partial charge in [0.05, 0.1) is 17.3 Å². The fourth-order valence-electron chi connectivity index (χ4n) is 2.58. The molecule has 7 heteroatoms. The van der Waals surface area contributed by atoms with Gasteiger partial charge in [0.1, 0.15) is 4.90 Å². The highest BCUT2D eigenvalue weighted by Crippen LogP contribution is 2.25. The van der Waals surface area contributed by atoms with Gasteiger partial charge in [0.25, 0.3) is 5.71 Å². The van der Waals surface area contributed by atoms with Crippen LogP contribution in [0.3, 0.4) is 0 Å². The molecule has 0 aliphatic carbocycles. The molecule has 1 aliphatic rings. The van der Waals surface area contributed by atoms with Gasteiger partial charge in [-0.05, 0) is 31.7 Å². The number of aromatic nitrogens is 2. The first-order valence-corrected chi connectivity index (χ1v) is 8.14. The summed E-state index contributed by atoms with van der Waals surface area (Å²) in [4.78, 5) is 4.26. The van der Waals surface area contributed by atoms with Crippen molar-refractivity contribution >= 4 is 21.1 Å². The number of hydrogen-bond acceptors (Lipinski definition) is 5. The maximum atomic E-state index is 12.6. The van der Waals surface area contributed by atoms with E-state index in [-0.39, 0.29) is 4.90 Å². The van der Waals surface area contributed by atoms with Crippen molar-refractivity contribution in [2.75, 3.05) is 13.1 Å². The van der Waals surface area contributed by atoms with E-state index in [1.54, 1.807) is 17.3 Å². The maximum absolute atomic E-state index is 12.6. The van der Waals surface area contributed by atoms with Gasteiger partial charge in [0, 0.05) is 13.1 Å². The van der Waals surface area contributed by atoms with E-state index in [0.717, 1.165) is 12.8 Å². The fourth-order valence-corrected chi connectivity index (χ4v) is 4.15. The molecule has 20 heavy (non-hydrogen) atoms. The molecule has 2 aromatic rings. The Morgan fingerprint density at radius 1 is 1.45 bits per heavy atom. The number of rotatable bonds is 2.